The number of para-hydroxylation sites is 2. The Bertz CT molecular complexity index is 2580. The molecule has 0 aromatic heterocycles. The maximum Gasteiger partial charge on any atom is 0.261 e. The Balaban J connectivity index is 0.963. The van der Waals surface area contributed by atoms with Gasteiger partial charge in [-0.2, -0.15) is 0 Å². The summed E-state index contributed by atoms with van der Waals surface area (Å²) in [7, 11) is 3.57. The highest BCUT2D eigenvalue weighted by Gasteiger charge is 2.38. The summed E-state index contributed by atoms with van der Waals surface area (Å²) in [5, 5.41) is 0. The Morgan fingerprint density at radius 3 is 1.85 bits per heavy atom. The number of aliphatic imine (C=N–C) groups is 2. The highest BCUT2D eigenvalue weighted by molar-refractivity contribution is 6.15. The normalized spacial score (nSPS) is 16.9. The Morgan fingerprint density at radius 1 is 0.729 bits per heavy atom. The molecule has 4 aliphatic rings. The van der Waals surface area contributed by atoms with Crippen LogP contribution in [0.2, 0.25) is 0 Å². The molecule has 0 spiro atoms. The van der Waals surface area contributed by atoms with Crippen LogP contribution >= 0.6 is 0 Å². The molecule has 11 nitrogen and oxygen atoms in total. The molecule has 0 N–H and O–H groups in total. The molecule has 298 valence electrons. The van der Waals surface area contributed by atoms with Gasteiger partial charge >= 0.3 is 0 Å². The number of ketones is 1. The number of fused-ring (bicyclic) bond motifs is 8. The molecule has 0 fully saturated rings. The lowest BCUT2D eigenvalue weighted by Crippen LogP contribution is -2.37. The molecule has 0 saturated carbocycles. The number of hydrogen-bond donors (Lipinski definition) is 0. The van der Waals surface area contributed by atoms with Gasteiger partial charge in [-0.15, -0.1) is 0 Å². The zero-order valence-corrected chi connectivity index (χ0v) is 33.6. The van der Waals surface area contributed by atoms with Gasteiger partial charge in [-0.25, -0.2) is 0 Å². The first-order valence-electron chi connectivity index (χ1n) is 20.0. The number of Topliss-reactive ketones (excluding diaryl/α,β-unsaturated/α-hetero) is 1. The smallest absolute Gasteiger partial charge is 0.261 e. The van der Waals surface area contributed by atoms with Crippen LogP contribution < -0.4 is 28.9 Å². The van der Waals surface area contributed by atoms with Gasteiger partial charge in [0.15, 0.2) is 11.5 Å². The van der Waals surface area contributed by atoms with Crippen molar-refractivity contribution in [3.05, 3.63) is 130 Å². The molecule has 0 radical (unpaired) electrons. The van der Waals surface area contributed by atoms with Crippen molar-refractivity contribution >= 4 is 58.5 Å². The van der Waals surface area contributed by atoms with Crippen LogP contribution in [0, 0.1) is 6.92 Å². The van der Waals surface area contributed by atoms with E-state index in [0.29, 0.717) is 59.1 Å². The predicted molar refractivity (Wildman–Crippen MR) is 230 cm³/mol. The first-order valence-corrected chi connectivity index (χ1v) is 20.0. The summed E-state index contributed by atoms with van der Waals surface area (Å²) in [5.41, 5.74) is 9.80. The van der Waals surface area contributed by atoms with Crippen molar-refractivity contribution in [1.82, 2.24) is 0 Å². The summed E-state index contributed by atoms with van der Waals surface area (Å²) >= 11 is 0. The molecule has 9 rings (SSSR count). The van der Waals surface area contributed by atoms with Gasteiger partial charge in [0.05, 0.1) is 41.7 Å². The third kappa shape index (κ3) is 7.22. The summed E-state index contributed by atoms with van der Waals surface area (Å²) < 4.78 is 18.7. The fourth-order valence-corrected chi connectivity index (χ4v) is 8.54. The average molecular weight is 788 g/mol. The number of carbonyl (C=O) groups is 3. The molecule has 2 amide bonds. The monoisotopic (exact) mass is 787 g/mol. The van der Waals surface area contributed by atoms with Gasteiger partial charge in [-0.05, 0) is 90.6 Å². The van der Waals surface area contributed by atoms with Crippen molar-refractivity contribution in [3.63, 3.8) is 0 Å². The van der Waals surface area contributed by atoms with E-state index in [1.807, 2.05) is 90.8 Å². The lowest BCUT2D eigenvalue weighted by molar-refractivity contribution is -0.117. The number of hydrogen-bond acceptors (Lipinski definition) is 9. The molecule has 0 aliphatic carbocycles. The Labute approximate surface area is 343 Å². The Hall–Kier alpha value is -6.75. The maximum atomic E-state index is 13.9. The summed E-state index contributed by atoms with van der Waals surface area (Å²) in [6.07, 6.45) is 6.38. The van der Waals surface area contributed by atoms with Crippen molar-refractivity contribution in [2.45, 2.75) is 64.8 Å². The topological polar surface area (TPSA) is 113 Å². The van der Waals surface area contributed by atoms with Crippen molar-refractivity contribution in [1.29, 1.82) is 0 Å². The fraction of sp³-hybridized carbons (Fsp3) is 0.271. The summed E-state index contributed by atoms with van der Waals surface area (Å²) in [6.45, 7) is 4.70. The van der Waals surface area contributed by atoms with Gasteiger partial charge in [0.2, 0.25) is 0 Å². The molecule has 4 aliphatic heterocycles. The zero-order valence-electron chi connectivity index (χ0n) is 33.6. The quantitative estimate of drug-likeness (QED) is 0.125. The molecule has 2 atom stereocenters. The first-order chi connectivity index (χ1) is 28.6. The van der Waals surface area contributed by atoms with E-state index in [1.54, 1.807) is 26.2 Å². The highest BCUT2D eigenvalue weighted by atomic mass is 16.5. The minimum Gasteiger partial charge on any atom is -0.493 e. The summed E-state index contributed by atoms with van der Waals surface area (Å²) in [6, 6.07) is 29.1. The number of aryl methyl sites for hydroxylation is 1. The van der Waals surface area contributed by atoms with E-state index in [4.69, 9.17) is 24.2 Å². The summed E-state index contributed by atoms with van der Waals surface area (Å²) in [4.78, 5) is 54.9. The number of amides is 2. The van der Waals surface area contributed by atoms with Crippen LogP contribution in [0.15, 0.2) is 101 Å². The second-order valence-corrected chi connectivity index (χ2v) is 15.7. The van der Waals surface area contributed by atoms with Crippen molar-refractivity contribution in [2.75, 3.05) is 35.4 Å². The molecule has 59 heavy (non-hydrogen) atoms. The van der Waals surface area contributed by atoms with E-state index in [1.165, 1.54) is 0 Å². The molecule has 0 unspecified atom stereocenters. The Morgan fingerprint density at radius 2 is 1.27 bits per heavy atom. The largest absolute Gasteiger partial charge is 0.493 e. The lowest BCUT2D eigenvalue weighted by Gasteiger charge is -2.23. The van der Waals surface area contributed by atoms with E-state index in [0.717, 1.165) is 57.7 Å². The van der Waals surface area contributed by atoms with Gasteiger partial charge in [0.1, 0.15) is 24.7 Å². The third-order valence-corrected chi connectivity index (χ3v) is 11.6. The molecule has 5 aromatic rings. The second-order valence-electron chi connectivity index (χ2n) is 15.7. The molecule has 0 bridgehead atoms. The minimum absolute atomic E-state index is 0.0668. The lowest BCUT2D eigenvalue weighted by atomic mass is 10.1. The highest BCUT2D eigenvalue weighted by Crippen LogP contribution is 2.42. The number of rotatable bonds is 12. The minimum atomic E-state index is -0.167. The third-order valence-electron chi connectivity index (χ3n) is 11.6. The molecular weight excluding hydrogens is 743 g/mol. The van der Waals surface area contributed by atoms with Crippen LogP contribution in [0.5, 0.6) is 17.2 Å². The van der Waals surface area contributed by atoms with Crippen molar-refractivity contribution in [3.8, 4) is 17.2 Å². The Kier molecular flexibility index (Phi) is 9.96. The number of anilines is 3. The van der Waals surface area contributed by atoms with Crippen LogP contribution in [-0.4, -0.2) is 62.8 Å². The van der Waals surface area contributed by atoms with Crippen LogP contribution in [0.3, 0.4) is 0 Å². The van der Waals surface area contributed by atoms with Crippen molar-refractivity contribution in [2.24, 2.45) is 9.98 Å². The zero-order chi connectivity index (χ0) is 40.8. The van der Waals surface area contributed by atoms with Gasteiger partial charge in [0.25, 0.3) is 11.8 Å². The van der Waals surface area contributed by atoms with Crippen LogP contribution in [0.1, 0.15) is 68.3 Å². The number of nitrogens with zero attached hydrogens (tertiary/aromatic N) is 5. The van der Waals surface area contributed by atoms with Gasteiger partial charge in [-0.1, -0.05) is 36.4 Å². The molecule has 4 heterocycles. The predicted octanol–water partition coefficient (Wildman–Crippen LogP) is 8.54. The molecule has 11 heteroatoms. The van der Waals surface area contributed by atoms with E-state index >= 15 is 0 Å². The first kappa shape index (κ1) is 37.8. The number of methoxy groups -OCH3 is 1. The number of ether oxygens (including phenoxy) is 3. The maximum absolute atomic E-state index is 13.9. The van der Waals surface area contributed by atoms with E-state index in [-0.39, 0.29) is 42.9 Å². The molecular formula is C48H45N5O6. The van der Waals surface area contributed by atoms with Gasteiger partial charge < -0.3 is 23.9 Å². The number of carbonyl (C=O) groups excluding carboxylic acids is 3. The number of benzene rings is 5. The van der Waals surface area contributed by atoms with Crippen molar-refractivity contribution < 1.29 is 28.6 Å². The van der Waals surface area contributed by atoms with Gasteiger partial charge in [-0.3, -0.25) is 29.4 Å². The van der Waals surface area contributed by atoms with Crippen LogP contribution in [-0.2, 0) is 30.8 Å². The van der Waals surface area contributed by atoms with Crippen LogP contribution in [0.4, 0.5) is 28.4 Å². The second kappa shape index (κ2) is 15.5. The average Bonchev–Trinajstić information content (AvgIpc) is 3.73. The SMILES string of the molecule is COc1cc2c(cc1OCc1cc(COc3cc4c(cc3C)C(=O)N3c5ccccc5C[C@H]3C=N4)cc(N(C)CCCC(C)=O)c1)N=C[C@@H]1Cc3ccccc3N1C2=O. The van der Waals surface area contributed by atoms with Crippen LogP contribution in [0.25, 0.3) is 0 Å². The molecule has 5 aromatic carbocycles. The van der Waals surface area contributed by atoms with E-state index in [9.17, 15) is 14.4 Å². The van der Waals surface area contributed by atoms with E-state index < -0.39 is 0 Å². The standard InChI is InChI=1S/C48H45N5O6/c1-29-16-38-40(49-25-36-20-33-11-5-7-13-42(33)52(36)47(38)55)23-44(29)58-27-31-17-32(19-35(18-31)51(3)15-9-10-30(2)54)28-59-46-24-41-39(22-45(46)57-4)48(56)53-37(26-50-41)21-34-12-6-8-14-43(34)53/h5-8,11-14,16-19,22-26,36-37H,9-10,15,20-21,27-28H2,1-4H3/t36-,37-/m0/s1. The van der Waals surface area contributed by atoms with Gasteiger partial charge in [0, 0.05) is 74.5 Å². The fourth-order valence-electron chi connectivity index (χ4n) is 8.54. The summed E-state index contributed by atoms with van der Waals surface area (Å²) in [5.74, 6) is 1.51. The van der Waals surface area contributed by atoms with E-state index in [2.05, 4.69) is 29.2 Å². The molecule has 0 saturated heterocycles.